The van der Waals surface area contributed by atoms with E-state index in [1.807, 2.05) is 18.2 Å². The van der Waals surface area contributed by atoms with Crippen molar-refractivity contribution in [2.24, 2.45) is 0 Å². The molecule has 1 saturated heterocycles. The number of benzene rings is 2. The maximum atomic E-state index is 11.6. The molecule has 0 amide bonds. The van der Waals surface area contributed by atoms with Gasteiger partial charge in [0, 0.05) is 18.2 Å². The first-order valence-electron chi connectivity index (χ1n) is 9.65. The minimum Gasteiger partial charge on any atom is -0.490 e. The van der Waals surface area contributed by atoms with Crippen LogP contribution in [0.3, 0.4) is 0 Å². The molecular formula is C22H26O5S. The van der Waals surface area contributed by atoms with E-state index >= 15 is 0 Å². The smallest absolute Gasteiger partial charge is 0.150 e. The summed E-state index contributed by atoms with van der Waals surface area (Å²) in [5, 5.41) is 0. The van der Waals surface area contributed by atoms with Crippen LogP contribution in [0.2, 0.25) is 0 Å². The summed E-state index contributed by atoms with van der Waals surface area (Å²) in [5.74, 6) is 2.11. The van der Waals surface area contributed by atoms with E-state index < -0.39 is 9.84 Å². The van der Waals surface area contributed by atoms with E-state index in [-0.39, 0.29) is 23.7 Å². The number of sulfone groups is 1. The summed E-state index contributed by atoms with van der Waals surface area (Å²) in [7, 11) is -1.18. The number of aryl methyl sites for hydroxylation is 2. The van der Waals surface area contributed by atoms with Crippen molar-refractivity contribution in [3.63, 3.8) is 0 Å². The van der Waals surface area contributed by atoms with Crippen LogP contribution in [-0.4, -0.2) is 39.7 Å². The fourth-order valence-electron chi connectivity index (χ4n) is 4.21. The molecule has 2 aliphatic rings. The Hall–Kier alpha value is -2.05. The Labute approximate surface area is 166 Å². The van der Waals surface area contributed by atoms with Crippen molar-refractivity contribution in [3.8, 4) is 22.6 Å². The van der Waals surface area contributed by atoms with Gasteiger partial charge >= 0.3 is 0 Å². The van der Waals surface area contributed by atoms with Crippen LogP contribution >= 0.6 is 0 Å². The van der Waals surface area contributed by atoms with Gasteiger partial charge in [0.05, 0.1) is 11.5 Å². The molecule has 4 rings (SSSR count). The first-order chi connectivity index (χ1) is 13.4. The number of methoxy groups -OCH3 is 1. The topological polar surface area (TPSA) is 61.8 Å². The van der Waals surface area contributed by atoms with Gasteiger partial charge in [0.25, 0.3) is 0 Å². The van der Waals surface area contributed by atoms with Gasteiger partial charge in [0.15, 0.2) is 9.84 Å². The lowest BCUT2D eigenvalue weighted by molar-refractivity contribution is 0.0818. The zero-order valence-electron chi connectivity index (χ0n) is 16.5. The largest absolute Gasteiger partial charge is 0.490 e. The molecular weight excluding hydrogens is 376 g/mol. The van der Waals surface area contributed by atoms with Gasteiger partial charge in [-0.1, -0.05) is 18.2 Å². The lowest BCUT2D eigenvalue weighted by Crippen LogP contribution is -2.30. The minimum atomic E-state index is -2.88. The summed E-state index contributed by atoms with van der Waals surface area (Å²) in [6.45, 7) is 4.68. The maximum absolute atomic E-state index is 11.6. The van der Waals surface area contributed by atoms with Crippen molar-refractivity contribution >= 4 is 9.84 Å². The Balaban J connectivity index is 1.62. The van der Waals surface area contributed by atoms with Gasteiger partial charge in [0.2, 0.25) is 0 Å². The van der Waals surface area contributed by atoms with Gasteiger partial charge in [-0.15, -0.1) is 0 Å². The molecule has 2 aromatic carbocycles. The second kappa shape index (κ2) is 7.41. The number of para-hydroxylation sites is 1. The van der Waals surface area contributed by atoms with Crippen molar-refractivity contribution in [2.75, 3.05) is 25.2 Å². The summed E-state index contributed by atoms with van der Waals surface area (Å²) in [5.41, 5.74) is 5.52. The highest BCUT2D eigenvalue weighted by Gasteiger charge is 2.28. The summed E-state index contributed by atoms with van der Waals surface area (Å²) >= 11 is 0. The van der Waals surface area contributed by atoms with Crippen LogP contribution in [0.4, 0.5) is 0 Å². The van der Waals surface area contributed by atoms with Crippen LogP contribution in [0.15, 0.2) is 30.3 Å². The molecule has 0 spiro atoms. The molecule has 28 heavy (non-hydrogen) atoms. The average Bonchev–Trinajstić information content (AvgIpc) is 3.07. The molecule has 6 heteroatoms. The predicted octanol–water partition coefficient (Wildman–Crippen LogP) is 4.01. The third-order valence-corrected chi connectivity index (χ3v) is 7.35. The highest BCUT2D eigenvalue weighted by atomic mass is 32.2. The van der Waals surface area contributed by atoms with E-state index in [1.165, 1.54) is 0 Å². The van der Waals surface area contributed by atoms with E-state index in [2.05, 4.69) is 26.0 Å². The number of rotatable bonds is 4. The third kappa shape index (κ3) is 3.63. The molecule has 0 N–H and O–H groups in total. The summed E-state index contributed by atoms with van der Waals surface area (Å²) < 4.78 is 40.8. The highest BCUT2D eigenvalue weighted by Crippen LogP contribution is 2.44. The van der Waals surface area contributed by atoms with Crippen molar-refractivity contribution < 1.29 is 22.6 Å². The lowest BCUT2D eigenvalue weighted by Gasteiger charge is -2.24. The third-order valence-electron chi connectivity index (χ3n) is 5.64. The Kier molecular flexibility index (Phi) is 5.10. The van der Waals surface area contributed by atoms with Crippen LogP contribution in [0, 0.1) is 13.8 Å². The van der Waals surface area contributed by atoms with E-state index in [0.717, 1.165) is 39.3 Å². The molecule has 2 heterocycles. The number of ether oxygens (including phenoxy) is 3. The molecule has 0 aliphatic carbocycles. The Morgan fingerprint density at radius 1 is 1.07 bits per heavy atom. The van der Waals surface area contributed by atoms with E-state index in [1.54, 1.807) is 7.11 Å². The van der Waals surface area contributed by atoms with Crippen molar-refractivity contribution in [2.45, 2.75) is 38.9 Å². The Bertz CT molecular complexity index is 959. The molecule has 0 bridgehead atoms. The summed E-state index contributed by atoms with van der Waals surface area (Å²) in [6.07, 6.45) is 1.04. The molecule has 1 atom stereocenters. The summed E-state index contributed by atoms with van der Waals surface area (Å²) in [4.78, 5) is 0. The predicted molar refractivity (Wildman–Crippen MR) is 109 cm³/mol. The van der Waals surface area contributed by atoms with Crippen molar-refractivity contribution in [1.82, 2.24) is 0 Å². The van der Waals surface area contributed by atoms with Gasteiger partial charge in [-0.2, -0.15) is 0 Å². The standard InChI is InChI=1S/C22H26O5S/c1-14-11-17(27-16-7-9-28(23,24)10-8-16)12-15(2)21(14)19-6-4-5-18-20(25-3)13-26-22(18)19/h4-6,11-12,16,20H,7-10,13H2,1-3H3/t20-/m1/s1. The van der Waals surface area contributed by atoms with E-state index in [9.17, 15) is 8.42 Å². The fraction of sp³-hybridized carbons (Fsp3) is 0.455. The molecule has 5 nitrogen and oxygen atoms in total. The van der Waals surface area contributed by atoms with E-state index in [0.29, 0.717) is 19.4 Å². The molecule has 0 aromatic heterocycles. The highest BCUT2D eigenvalue weighted by molar-refractivity contribution is 7.91. The first kappa shape index (κ1) is 19.3. The van der Waals surface area contributed by atoms with Crippen molar-refractivity contribution in [3.05, 3.63) is 47.0 Å². The van der Waals surface area contributed by atoms with Crippen LogP contribution in [-0.2, 0) is 14.6 Å². The molecule has 2 aliphatic heterocycles. The fourth-order valence-corrected chi connectivity index (χ4v) is 5.65. The van der Waals surface area contributed by atoms with Gasteiger partial charge < -0.3 is 14.2 Å². The van der Waals surface area contributed by atoms with Gasteiger partial charge in [-0.3, -0.25) is 0 Å². The van der Waals surface area contributed by atoms with Crippen LogP contribution in [0.25, 0.3) is 11.1 Å². The van der Waals surface area contributed by atoms with Gasteiger partial charge in [0.1, 0.15) is 30.3 Å². The number of fused-ring (bicyclic) bond motifs is 1. The molecule has 0 unspecified atom stereocenters. The second-order valence-corrected chi connectivity index (χ2v) is 9.96. The SMILES string of the molecule is CO[C@@H]1COc2c(-c3c(C)cc(OC4CCS(=O)(=O)CC4)cc3C)cccc21. The minimum absolute atomic E-state index is 0.0271. The quantitative estimate of drug-likeness (QED) is 0.773. The molecule has 0 radical (unpaired) electrons. The van der Waals surface area contributed by atoms with Gasteiger partial charge in [-0.25, -0.2) is 8.42 Å². The molecule has 2 aromatic rings. The van der Waals surface area contributed by atoms with Crippen LogP contribution in [0.5, 0.6) is 11.5 Å². The molecule has 0 saturated carbocycles. The normalized spacial score (nSPS) is 21.2. The van der Waals surface area contributed by atoms with E-state index in [4.69, 9.17) is 14.2 Å². The van der Waals surface area contributed by atoms with Crippen molar-refractivity contribution in [1.29, 1.82) is 0 Å². The second-order valence-electron chi connectivity index (χ2n) is 7.66. The Morgan fingerprint density at radius 2 is 1.75 bits per heavy atom. The van der Waals surface area contributed by atoms with Crippen LogP contribution < -0.4 is 9.47 Å². The zero-order chi connectivity index (χ0) is 19.9. The zero-order valence-corrected chi connectivity index (χ0v) is 17.3. The maximum Gasteiger partial charge on any atom is 0.150 e. The monoisotopic (exact) mass is 402 g/mol. The number of hydrogen-bond donors (Lipinski definition) is 0. The molecule has 150 valence electrons. The average molecular weight is 403 g/mol. The number of hydrogen-bond acceptors (Lipinski definition) is 5. The first-order valence-corrected chi connectivity index (χ1v) is 11.5. The molecule has 1 fully saturated rings. The lowest BCUT2D eigenvalue weighted by atomic mass is 9.93. The summed E-state index contributed by atoms with van der Waals surface area (Å²) in [6, 6.07) is 10.2. The Morgan fingerprint density at radius 3 is 2.39 bits per heavy atom. The van der Waals surface area contributed by atoms with Gasteiger partial charge in [-0.05, 0) is 55.5 Å². The van der Waals surface area contributed by atoms with Crippen LogP contribution in [0.1, 0.15) is 35.6 Å².